The number of aromatic nitrogens is 3. The molecule has 22 heavy (non-hydrogen) atoms. The third kappa shape index (κ3) is 3.31. The lowest BCUT2D eigenvalue weighted by Crippen LogP contribution is -2.38. The second-order valence-electron chi connectivity index (χ2n) is 5.28. The largest absolute Gasteiger partial charge is 0.371 e. The summed E-state index contributed by atoms with van der Waals surface area (Å²) in [6, 6.07) is 3.60. The Balaban J connectivity index is 1.68. The average Bonchev–Trinajstić information content (AvgIpc) is 2.95. The van der Waals surface area contributed by atoms with Gasteiger partial charge in [-0.2, -0.15) is 15.0 Å². The summed E-state index contributed by atoms with van der Waals surface area (Å²) in [5, 5.41) is 8.50. The number of hydrogen-bond donors (Lipinski definition) is 0. The summed E-state index contributed by atoms with van der Waals surface area (Å²) in [5.74, 6) is -1.14. The molecule has 2 aromatic rings. The highest BCUT2D eigenvalue weighted by Crippen LogP contribution is 2.25. The SMILES string of the molecule is CCn1ncc(CN2CCOC(c3ccc(F)cc3F)C2)n1. The minimum absolute atomic E-state index is 0.392. The Bertz CT molecular complexity index is 646. The Morgan fingerprint density at radius 3 is 2.95 bits per heavy atom. The molecule has 0 bridgehead atoms. The molecule has 1 saturated heterocycles. The number of halogens is 2. The third-order valence-corrected chi connectivity index (χ3v) is 3.71. The smallest absolute Gasteiger partial charge is 0.131 e. The van der Waals surface area contributed by atoms with Crippen molar-refractivity contribution in [3.63, 3.8) is 0 Å². The second kappa shape index (κ2) is 6.50. The molecule has 0 spiro atoms. The lowest BCUT2D eigenvalue weighted by Gasteiger charge is -2.32. The van der Waals surface area contributed by atoms with E-state index in [1.165, 1.54) is 12.1 Å². The van der Waals surface area contributed by atoms with Crippen LogP contribution in [0.1, 0.15) is 24.3 Å². The maximum Gasteiger partial charge on any atom is 0.131 e. The van der Waals surface area contributed by atoms with Crippen LogP contribution in [0.25, 0.3) is 0 Å². The second-order valence-corrected chi connectivity index (χ2v) is 5.28. The summed E-state index contributed by atoms with van der Waals surface area (Å²) >= 11 is 0. The van der Waals surface area contributed by atoms with Crippen LogP contribution < -0.4 is 0 Å². The van der Waals surface area contributed by atoms with Gasteiger partial charge in [0.1, 0.15) is 11.6 Å². The van der Waals surface area contributed by atoms with Gasteiger partial charge in [0, 0.05) is 31.3 Å². The van der Waals surface area contributed by atoms with Gasteiger partial charge < -0.3 is 4.74 Å². The molecule has 1 aliphatic rings. The lowest BCUT2D eigenvalue weighted by molar-refractivity contribution is -0.0349. The zero-order valence-corrected chi connectivity index (χ0v) is 12.4. The first-order valence-corrected chi connectivity index (χ1v) is 7.33. The van der Waals surface area contributed by atoms with E-state index < -0.39 is 17.7 Å². The summed E-state index contributed by atoms with van der Waals surface area (Å²) in [4.78, 5) is 3.77. The van der Waals surface area contributed by atoms with Gasteiger partial charge in [-0.15, -0.1) is 0 Å². The fraction of sp³-hybridized carbons (Fsp3) is 0.467. The molecule has 0 N–H and O–H groups in total. The molecule has 118 valence electrons. The molecule has 1 unspecified atom stereocenters. The van der Waals surface area contributed by atoms with Crippen LogP contribution in [0.5, 0.6) is 0 Å². The molecule has 5 nitrogen and oxygen atoms in total. The molecule has 0 saturated carbocycles. The van der Waals surface area contributed by atoms with Crippen molar-refractivity contribution < 1.29 is 13.5 Å². The van der Waals surface area contributed by atoms with E-state index in [0.29, 0.717) is 25.3 Å². The van der Waals surface area contributed by atoms with E-state index in [1.54, 1.807) is 11.0 Å². The number of ether oxygens (including phenoxy) is 1. The van der Waals surface area contributed by atoms with Crippen molar-refractivity contribution in [1.82, 2.24) is 19.9 Å². The van der Waals surface area contributed by atoms with E-state index in [4.69, 9.17) is 4.74 Å². The van der Waals surface area contributed by atoms with E-state index in [1.807, 2.05) is 6.92 Å². The Morgan fingerprint density at radius 2 is 2.23 bits per heavy atom. The highest BCUT2D eigenvalue weighted by Gasteiger charge is 2.25. The van der Waals surface area contributed by atoms with Crippen LogP contribution in [-0.4, -0.2) is 39.6 Å². The van der Waals surface area contributed by atoms with Crippen LogP contribution in [-0.2, 0) is 17.8 Å². The molecular weight excluding hydrogens is 290 g/mol. The van der Waals surface area contributed by atoms with Crippen molar-refractivity contribution in [3.8, 4) is 0 Å². The van der Waals surface area contributed by atoms with Gasteiger partial charge >= 0.3 is 0 Å². The van der Waals surface area contributed by atoms with Gasteiger partial charge in [0.15, 0.2) is 0 Å². The molecule has 1 aliphatic heterocycles. The molecule has 1 aromatic heterocycles. The minimum Gasteiger partial charge on any atom is -0.371 e. The van der Waals surface area contributed by atoms with E-state index in [0.717, 1.165) is 24.8 Å². The highest BCUT2D eigenvalue weighted by molar-refractivity contribution is 5.21. The molecular formula is C15H18F2N4O. The van der Waals surface area contributed by atoms with Crippen LogP contribution in [0.2, 0.25) is 0 Å². The summed E-state index contributed by atoms with van der Waals surface area (Å²) in [7, 11) is 0. The average molecular weight is 308 g/mol. The molecule has 0 amide bonds. The monoisotopic (exact) mass is 308 g/mol. The van der Waals surface area contributed by atoms with Gasteiger partial charge in [0.25, 0.3) is 0 Å². The van der Waals surface area contributed by atoms with Gasteiger partial charge in [0.05, 0.1) is 31.1 Å². The zero-order chi connectivity index (χ0) is 15.5. The number of morpholine rings is 1. The van der Waals surface area contributed by atoms with Crippen LogP contribution in [0.4, 0.5) is 8.78 Å². The Labute approximate surface area is 127 Å². The molecule has 0 aliphatic carbocycles. The summed E-state index contributed by atoms with van der Waals surface area (Å²) in [5.41, 5.74) is 1.27. The van der Waals surface area contributed by atoms with Crippen molar-refractivity contribution in [1.29, 1.82) is 0 Å². The number of hydrogen-bond acceptors (Lipinski definition) is 4. The topological polar surface area (TPSA) is 43.2 Å². The summed E-state index contributed by atoms with van der Waals surface area (Å²) < 4.78 is 32.5. The van der Waals surface area contributed by atoms with Crippen molar-refractivity contribution in [2.45, 2.75) is 26.1 Å². The van der Waals surface area contributed by atoms with Crippen LogP contribution in [0.15, 0.2) is 24.4 Å². The molecule has 7 heteroatoms. The maximum absolute atomic E-state index is 13.9. The fourth-order valence-electron chi connectivity index (χ4n) is 2.58. The summed E-state index contributed by atoms with van der Waals surface area (Å²) in [6.45, 7) is 5.14. The first-order chi connectivity index (χ1) is 10.7. The van der Waals surface area contributed by atoms with Crippen molar-refractivity contribution in [3.05, 3.63) is 47.3 Å². The Morgan fingerprint density at radius 1 is 1.36 bits per heavy atom. The van der Waals surface area contributed by atoms with Crippen molar-refractivity contribution in [2.75, 3.05) is 19.7 Å². The van der Waals surface area contributed by atoms with Crippen LogP contribution in [0.3, 0.4) is 0 Å². The number of nitrogens with zero attached hydrogens (tertiary/aromatic N) is 4. The standard InChI is InChI=1S/C15H18F2N4O/c1-2-21-18-8-12(19-21)9-20-5-6-22-15(10-20)13-4-3-11(16)7-14(13)17/h3-4,7-8,15H,2,5-6,9-10H2,1H3. The third-order valence-electron chi connectivity index (χ3n) is 3.71. The Hall–Kier alpha value is -1.86. The molecule has 2 heterocycles. The number of rotatable bonds is 4. The van der Waals surface area contributed by atoms with Gasteiger partial charge in [-0.3, -0.25) is 4.90 Å². The lowest BCUT2D eigenvalue weighted by atomic mass is 10.1. The first kappa shape index (κ1) is 15.1. The molecule has 0 radical (unpaired) electrons. The van der Waals surface area contributed by atoms with E-state index >= 15 is 0 Å². The van der Waals surface area contributed by atoms with Gasteiger partial charge in [-0.1, -0.05) is 6.07 Å². The molecule has 1 aromatic carbocycles. The quantitative estimate of drug-likeness (QED) is 0.868. The van der Waals surface area contributed by atoms with Crippen LogP contribution >= 0.6 is 0 Å². The van der Waals surface area contributed by atoms with Crippen molar-refractivity contribution in [2.24, 2.45) is 0 Å². The zero-order valence-electron chi connectivity index (χ0n) is 12.4. The highest BCUT2D eigenvalue weighted by atomic mass is 19.1. The van der Waals surface area contributed by atoms with Gasteiger partial charge in [0.2, 0.25) is 0 Å². The van der Waals surface area contributed by atoms with Gasteiger partial charge in [-0.25, -0.2) is 8.78 Å². The predicted molar refractivity (Wildman–Crippen MR) is 76.0 cm³/mol. The molecule has 1 fully saturated rings. The van der Waals surface area contributed by atoms with E-state index in [-0.39, 0.29) is 0 Å². The minimum atomic E-state index is -0.579. The van der Waals surface area contributed by atoms with E-state index in [2.05, 4.69) is 15.1 Å². The summed E-state index contributed by atoms with van der Waals surface area (Å²) in [6.07, 6.45) is 1.35. The Kier molecular flexibility index (Phi) is 4.44. The fourth-order valence-corrected chi connectivity index (χ4v) is 2.58. The van der Waals surface area contributed by atoms with Crippen LogP contribution in [0, 0.1) is 11.6 Å². The number of benzene rings is 1. The maximum atomic E-state index is 13.9. The molecule has 1 atom stereocenters. The predicted octanol–water partition coefficient (Wildman–Crippen LogP) is 2.15. The number of aryl methyl sites for hydroxylation is 1. The van der Waals surface area contributed by atoms with E-state index in [9.17, 15) is 8.78 Å². The van der Waals surface area contributed by atoms with Crippen molar-refractivity contribution >= 4 is 0 Å². The normalized spacial score (nSPS) is 19.5. The van der Waals surface area contributed by atoms with Gasteiger partial charge in [-0.05, 0) is 13.0 Å². The molecule has 3 rings (SSSR count). The first-order valence-electron chi connectivity index (χ1n) is 7.33.